The summed E-state index contributed by atoms with van der Waals surface area (Å²) in [6.07, 6.45) is 0. The molecule has 0 saturated carbocycles. The molecule has 0 aliphatic rings. The maximum absolute atomic E-state index is 5.27. The Hall–Kier alpha value is -4.36. The Morgan fingerprint density at radius 1 is 0.853 bits per heavy atom. The molecule has 5 aromatic rings. The minimum Gasteiger partial charge on any atom is -0.497 e. The number of thiazole rings is 1. The minimum atomic E-state index is 0.470. The van der Waals surface area contributed by atoms with E-state index in [1.54, 1.807) is 7.11 Å². The van der Waals surface area contributed by atoms with Gasteiger partial charge in [0.1, 0.15) is 11.6 Å². The van der Waals surface area contributed by atoms with Crippen molar-refractivity contribution >= 4 is 50.3 Å². The van der Waals surface area contributed by atoms with Crippen molar-refractivity contribution in [2.75, 3.05) is 12.4 Å². The van der Waals surface area contributed by atoms with E-state index >= 15 is 0 Å². The second-order valence-electron chi connectivity index (χ2n) is 7.40. The van der Waals surface area contributed by atoms with Crippen LogP contribution in [0.1, 0.15) is 5.56 Å². The highest BCUT2D eigenvalue weighted by Crippen LogP contribution is 2.28. The van der Waals surface area contributed by atoms with E-state index in [1.165, 1.54) is 22.1 Å². The molecule has 0 amide bonds. The molecule has 0 bridgehead atoms. The lowest BCUT2D eigenvalue weighted by Crippen LogP contribution is -1.96. The predicted octanol–water partition coefficient (Wildman–Crippen LogP) is 7.91. The third-order valence-corrected chi connectivity index (χ3v) is 5.81. The number of hydrogen-bond donors (Lipinski definition) is 1. The largest absolute Gasteiger partial charge is 0.497 e. The number of ether oxygens (including phenoxy) is 1. The summed E-state index contributed by atoms with van der Waals surface area (Å²) in [4.78, 5) is 9.33. The highest BCUT2D eigenvalue weighted by atomic mass is 32.1. The lowest BCUT2D eigenvalue weighted by atomic mass is 10.1. The molecule has 166 valence electrons. The number of azo groups is 1. The molecule has 0 saturated heterocycles. The van der Waals surface area contributed by atoms with Gasteiger partial charge in [0.2, 0.25) is 5.13 Å². The van der Waals surface area contributed by atoms with Crippen LogP contribution in [0.25, 0.3) is 10.8 Å². The molecule has 0 spiro atoms. The molecule has 0 radical (unpaired) electrons. The molecule has 7 heteroatoms. The third-order valence-electron chi connectivity index (χ3n) is 5.08. The number of hydrogen-bond acceptors (Lipinski definition) is 6. The highest BCUT2D eigenvalue weighted by molar-refractivity contribution is 7.13. The molecule has 0 unspecified atom stereocenters. The molecule has 34 heavy (non-hydrogen) atoms. The summed E-state index contributed by atoms with van der Waals surface area (Å²) in [5.41, 5.74) is 2.54. The highest BCUT2D eigenvalue weighted by Gasteiger charge is 2.08. The molecule has 1 aromatic heterocycles. The van der Waals surface area contributed by atoms with E-state index in [1.807, 2.05) is 78.2 Å². The summed E-state index contributed by atoms with van der Waals surface area (Å²) in [5.74, 6) is 1.96. The summed E-state index contributed by atoms with van der Waals surface area (Å²) in [6, 6.07) is 31.6. The number of benzene rings is 4. The Morgan fingerprint density at radius 2 is 1.62 bits per heavy atom. The number of methoxy groups -OCH3 is 1. The maximum Gasteiger partial charge on any atom is 0.213 e. The second kappa shape index (κ2) is 10.1. The average Bonchev–Trinajstić information content (AvgIpc) is 3.34. The van der Waals surface area contributed by atoms with Crippen LogP contribution in [0.15, 0.2) is 118 Å². The first-order chi connectivity index (χ1) is 16.8. The van der Waals surface area contributed by atoms with Crippen LogP contribution in [0.4, 0.5) is 22.3 Å². The molecule has 0 aliphatic carbocycles. The number of amidine groups is 1. The Balaban J connectivity index is 1.42. The number of fused-ring (bicyclic) bond motifs is 1. The zero-order valence-corrected chi connectivity index (χ0v) is 19.2. The van der Waals surface area contributed by atoms with Crippen LogP contribution in [0.2, 0.25) is 0 Å². The van der Waals surface area contributed by atoms with Crippen molar-refractivity contribution in [3.05, 3.63) is 108 Å². The topological polar surface area (TPSA) is 71.2 Å². The van der Waals surface area contributed by atoms with Crippen molar-refractivity contribution in [3.8, 4) is 5.75 Å². The first kappa shape index (κ1) is 21.5. The fourth-order valence-electron chi connectivity index (χ4n) is 3.36. The van der Waals surface area contributed by atoms with Crippen LogP contribution < -0.4 is 10.1 Å². The van der Waals surface area contributed by atoms with Crippen molar-refractivity contribution in [1.82, 2.24) is 4.98 Å². The Morgan fingerprint density at radius 3 is 2.41 bits per heavy atom. The minimum absolute atomic E-state index is 0.470. The summed E-state index contributed by atoms with van der Waals surface area (Å²) in [5, 5.41) is 17.0. The van der Waals surface area contributed by atoms with Crippen LogP contribution in [0.3, 0.4) is 0 Å². The van der Waals surface area contributed by atoms with Gasteiger partial charge in [-0.15, -0.1) is 21.6 Å². The van der Waals surface area contributed by atoms with E-state index in [4.69, 9.17) is 9.73 Å². The molecule has 6 nitrogen and oxygen atoms in total. The first-order valence-corrected chi connectivity index (χ1v) is 11.6. The number of nitrogens with one attached hydrogen (secondary N) is 1. The van der Waals surface area contributed by atoms with E-state index in [0.29, 0.717) is 11.0 Å². The van der Waals surface area contributed by atoms with E-state index in [0.717, 1.165) is 28.5 Å². The van der Waals surface area contributed by atoms with Crippen molar-refractivity contribution < 1.29 is 4.74 Å². The van der Waals surface area contributed by atoms with Gasteiger partial charge in [-0.05, 0) is 59.3 Å². The number of anilines is 2. The van der Waals surface area contributed by atoms with Gasteiger partial charge in [-0.25, -0.2) is 4.98 Å². The average molecular weight is 464 g/mol. The number of aliphatic imine (C=N–C) groups is 1. The molecule has 4 aromatic carbocycles. The normalized spacial score (nSPS) is 11.7. The number of rotatable bonds is 6. The van der Waals surface area contributed by atoms with Gasteiger partial charge < -0.3 is 10.1 Å². The second-order valence-corrected chi connectivity index (χ2v) is 8.24. The van der Waals surface area contributed by atoms with Gasteiger partial charge in [-0.1, -0.05) is 48.5 Å². The van der Waals surface area contributed by atoms with Crippen LogP contribution in [0.5, 0.6) is 5.75 Å². The van der Waals surface area contributed by atoms with E-state index in [-0.39, 0.29) is 0 Å². The monoisotopic (exact) mass is 463 g/mol. The van der Waals surface area contributed by atoms with Gasteiger partial charge in [0.05, 0.1) is 12.8 Å². The van der Waals surface area contributed by atoms with Crippen LogP contribution >= 0.6 is 11.3 Å². The third kappa shape index (κ3) is 5.16. The van der Waals surface area contributed by atoms with E-state index in [9.17, 15) is 0 Å². The van der Waals surface area contributed by atoms with Crippen LogP contribution in [-0.4, -0.2) is 17.9 Å². The standard InChI is InChI=1S/C27H21N5OS/c1-33-24-15-12-20(13-16-24)26(32-31-22-9-3-2-4-10-22)30-27-29-25(18-34-27)28-23-14-11-19-7-5-6-8-21(19)17-23/h2-18,28H,1H3/b30-26+,32-31?. The fourth-order valence-corrected chi connectivity index (χ4v) is 3.98. The summed E-state index contributed by atoms with van der Waals surface area (Å²) in [7, 11) is 1.64. The number of aromatic nitrogens is 1. The van der Waals surface area contributed by atoms with Gasteiger partial charge in [0.25, 0.3) is 0 Å². The zero-order valence-electron chi connectivity index (χ0n) is 18.4. The van der Waals surface area contributed by atoms with Gasteiger partial charge in [0.15, 0.2) is 5.84 Å². The van der Waals surface area contributed by atoms with Crippen molar-refractivity contribution in [3.63, 3.8) is 0 Å². The van der Waals surface area contributed by atoms with Crippen LogP contribution in [0, 0.1) is 0 Å². The van der Waals surface area contributed by atoms with Gasteiger partial charge in [-0.2, -0.15) is 4.99 Å². The SMILES string of the molecule is COc1ccc(/C(N=Nc2ccccc2)=N\c2nc(Nc3ccc4ccccc4c3)cs2)cc1. The molecule has 1 heterocycles. The van der Waals surface area contributed by atoms with Crippen LogP contribution in [-0.2, 0) is 0 Å². The lowest BCUT2D eigenvalue weighted by Gasteiger charge is -2.04. The van der Waals surface area contributed by atoms with Crippen molar-refractivity contribution in [1.29, 1.82) is 0 Å². The molecular weight excluding hydrogens is 442 g/mol. The molecule has 0 atom stereocenters. The molecule has 1 N–H and O–H groups in total. The summed E-state index contributed by atoms with van der Waals surface area (Å²) < 4.78 is 5.27. The number of nitrogens with zero attached hydrogens (tertiary/aromatic N) is 4. The zero-order chi connectivity index (χ0) is 23.2. The van der Waals surface area contributed by atoms with E-state index < -0.39 is 0 Å². The van der Waals surface area contributed by atoms with Gasteiger partial charge >= 0.3 is 0 Å². The summed E-state index contributed by atoms with van der Waals surface area (Å²) >= 11 is 1.44. The quantitative estimate of drug-likeness (QED) is 0.158. The Bertz CT molecular complexity index is 1460. The lowest BCUT2D eigenvalue weighted by molar-refractivity contribution is 0.415. The molecule has 0 aliphatic heterocycles. The van der Waals surface area contributed by atoms with E-state index in [2.05, 4.69) is 44.8 Å². The molecule has 0 fully saturated rings. The smallest absolute Gasteiger partial charge is 0.213 e. The summed E-state index contributed by atoms with van der Waals surface area (Å²) in [6.45, 7) is 0. The Kier molecular flexibility index (Phi) is 6.36. The fraction of sp³-hybridized carbons (Fsp3) is 0.0370. The van der Waals surface area contributed by atoms with Crippen molar-refractivity contribution in [2.24, 2.45) is 15.2 Å². The molecular formula is C27H21N5OS. The first-order valence-electron chi connectivity index (χ1n) is 10.7. The Labute approximate surface area is 201 Å². The predicted molar refractivity (Wildman–Crippen MR) is 139 cm³/mol. The molecule has 5 rings (SSSR count). The van der Waals surface area contributed by atoms with Gasteiger partial charge in [0, 0.05) is 16.6 Å². The maximum atomic E-state index is 5.27. The van der Waals surface area contributed by atoms with Crippen molar-refractivity contribution in [2.45, 2.75) is 0 Å². The van der Waals surface area contributed by atoms with Gasteiger partial charge in [-0.3, -0.25) is 0 Å².